The van der Waals surface area contributed by atoms with Gasteiger partial charge in [-0.05, 0) is 25.5 Å². The van der Waals surface area contributed by atoms with Gasteiger partial charge < -0.3 is 9.84 Å². The minimum atomic E-state index is -0.783. The largest absolute Gasteiger partial charge is 0.493 e. The fourth-order valence-corrected chi connectivity index (χ4v) is 1.27. The predicted octanol–water partition coefficient (Wildman–Crippen LogP) is 3.06. The molecule has 0 aliphatic carbocycles. The van der Waals surface area contributed by atoms with Crippen molar-refractivity contribution in [1.82, 2.24) is 0 Å². The normalized spacial score (nSPS) is 12.5. The average molecular weight is 212 g/mol. The van der Waals surface area contributed by atoms with Crippen LogP contribution in [0.4, 0.5) is 4.39 Å². The van der Waals surface area contributed by atoms with Crippen molar-refractivity contribution in [3.05, 3.63) is 29.6 Å². The fourth-order valence-electron chi connectivity index (χ4n) is 1.27. The van der Waals surface area contributed by atoms with Gasteiger partial charge in [-0.2, -0.15) is 0 Å². The molecular weight excluding hydrogens is 195 g/mol. The lowest BCUT2D eigenvalue weighted by atomic mass is 10.1. The van der Waals surface area contributed by atoms with Crippen molar-refractivity contribution in [3.8, 4) is 5.75 Å². The van der Waals surface area contributed by atoms with Crippen LogP contribution in [0, 0.1) is 5.82 Å². The highest BCUT2D eigenvalue weighted by Crippen LogP contribution is 2.21. The van der Waals surface area contributed by atoms with E-state index >= 15 is 0 Å². The molecule has 1 aromatic carbocycles. The first-order valence-electron chi connectivity index (χ1n) is 5.25. The summed E-state index contributed by atoms with van der Waals surface area (Å²) in [6.45, 7) is 4.21. The molecule has 1 aromatic rings. The van der Waals surface area contributed by atoms with E-state index in [0.717, 1.165) is 12.8 Å². The van der Waals surface area contributed by atoms with Gasteiger partial charge in [0.2, 0.25) is 0 Å². The third kappa shape index (κ3) is 3.51. The Bertz CT molecular complexity index is 310. The van der Waals surface area contributed by atoms with Gasteiger partial charge in [-0.15, -0.1) is 0 Å². The van der Waals surface area contributed by atoms with Crippen LogP contribution in [0.2, 0.25) is 0 Å². The molecule has 0 aliphatic heterocycles. The van der Waals surface area contributed by atoms with Crippen molar-refractivity contribution in [2.24, 2.45) is 0 Å². The highest BCUT2D eigenvalue weighted by atomic mass is 19.1. The molecule has 0 aliphatic rings. The lowest BCUT2D eigenvalue weighted by Gasteiger charge is -2.09. The number of ether oxygens (including phenoxy) is 1. The Morgan fingerprint density at radius 1 is 1.47 bits per heavy atom. The second-order valence-electron chi connectivity index (χ2n) is 3.56. The fraction of sp³-hybridized carbons (Fsp3) is 0.500. The molecular formula is C12H17FO2. The van der Waals surface area contributed by atoms with Crippen LogP contribution in [0.15, 0.2) is 18.2 Å². The van der Waals surface area contributed by atoms with E-state index in [9.17, 15) is 9.50 Å². The SMILES string of the molecule is CCCCOc1ccc([C@@H](C)O)c(F)c1. The van der Waals surface area contributed by atoms with Crippen LogP contribution in [-0.2, 0) is 0 Å². The number of benzene rings is 1. The second-order valence-corrected chi connectivity index (χ2v) is 3.56. The van der Waals surface area contributed by atoms with Crippen LogP contribution in [0.1, 0.15) is 38.4 Å². The molecule has 1 rings (SSSR count). The quantitative estimate of drug-likeness (QED) is 0.760. The van der Waals surface area contributed by atoms with Crippen LogP contribution in [0.25, 0.3) is 0 Å². The van der Waals surface area contributed by atoms with Crippen LogP contribution in [-0.4, -0.2) is 11.7 Å². The van der Waals surface area contributed by atoms with Crippen molar-refractivity contribution in [1.29, 1.82) is 0 Å². The first-order chi connectivity index (χ1) is 7.15. The van der Waals surface area contributed by atoms with Crippen LogP contribution in [0.3, 0.4) is 0 Å². The monoisotopic (exact) mass is 212 g/mol. The van der Waals surface area contributed by atoms with Crippen molar-refractivity contribution in [2.45, 2.75) is 32.8 Å². The maximum atomic E-state index is 13.4. The van der Waals surface area contributed by atoms with Crippen LogP contribution >= 0.6 is 0 Å². The minimum absolute atomic E-state index is 0.304. The predicted molar refractivity (Wildman–Crippen MR) is 57.4 cm³/mol. The smallest absolute Gasteiger partial charge is 0.132 e. The third-order valence-electron chi connectivity index (χ3n) is 2.19. The molecule has 1 N–H and O–H groups in total. The number of aliphatic hydroxyl groups is 1. The molecule has 15 heavy (non-hydrogen) atoms. The summed E-state index contributed by atoms with van der Waals surface area (Å²) in [5, 5.41) is 9.23. The molecule has 84 valence electrons. The van der Waals surface area contributed by atoms with Gasteiger partial charge >= 0.3 is 0 Å². The van der Waals surface area contributed by atoms with Gasteiger partial charge in [0.1, 0.15) is 11.6 Å². The number of aliphatic hydroxyl groups excluding tert-OH is 1. The zero-order chi connectivity index (χ0) is 11.3. The zero-order valence-electron chi connectivity index (χ0n) is 9.16. The summed E-state index contributed by atoms with van der Waals surface area (Å²) < 4.78 is 18.7. The standard InChI is InChI=1S/C12H17FO2/c1-3-4-7-15-10-5-6-11(9(2)14)12(13)8-10/h5-6,8-9,14H,3-4,7H2,1-2H3/t9-/m1/s1. The Balaban J connectivity index is 2.65. The van der Waals surface area contributed by atoms with E-state index in [1.165, 1.54) is 13.0 Å². The molecule has 1 atom stereocenters. The van der Waals surface area contributed by atoms with E-state index in [1.54, 1.807) is 12.1 Å². The number of rotatable bonds is 5. The minimum Gasteiger partial charge on any atom is -0.493 e. The van der Waals surface area contributed by atoms with Gasteiger partial charge in [0.25, 0.3) is 0 Å². The summed E-state index contributed by atoms with van der Waals surface area (Å²) in [5.74, 6) is 0.101. The van der Waals surface area contributed by atoms with E-state index in [4.69, 9.17) is 4.74 Å². The van der Waals surface area contributed by atoms with E-state index in [-0.39, 0.29) is 0 Å². The Morgan fingerprint density at radius 2 is 2.20 bits per heavy atom. The first-order valence-corrected chi connectivity index (χ1v) is 5.25. The molecule has 0 unspecified atom stereocenters. The first kappa shape index (κ1) is 12.0. The van der Waals surface area contributed by atoms with Gasteiger partial charge in [-0.1, -0.05) is 13.3 Å². The van der Waals surface area contributed by atoms with Crippen LogP contribution in [0.5, 0.6) is 5.75 Å². The van der Waals surface area contributed by atoms with Crippen LogP contribution < -0.4 is 4.74 Å². The van der Waals surface area contributed by atoms with E-state index in [1.807, 2.05) is 0 Å². The summed E-state index contributed by atoms with van der Waals surface area (Å²) in [6, 6.07) is 4.56. The molecule has 0 fully saturated rings. The lowest BCUT2D eigenvalue weighted by molar-refractivity contribution is 0.194. The number of hydrogen-bond acceptors (Lipinski definition) is 2. The molecule has 2 nitrogen and oxygen atoms in total. The molecule has 0 saturated heterocycles. The molecule has 3 heteroatoms. The van der Waals surface area contributed by atoms with Gasteiger partial charge in [-0.3, -0.25) is 0 Å². The molecule has 0 aromatic heterocycles. The molecule has 0 spiro atoms. The van der Waals surface area contributed by atoms with Gasteiger partial charge in [0, 0.05) is 11.6 Å². The van der Waals surface area contributed by atoms with Crippen molar-refractivity contribution in [2.75, 3.05) is 6.61 Å². The Morgan fingerprint density at radius 3 is 2.73 bits per heavy atom. The summed E-state index contributed by atoms with van der Waals surface area (Å²) in [5.41, 5.74) is 0.304. The molecule has 0 amide bonds. The molecule has 0 radical (unpaired) electrons. The van der Waals surface area contributed by atoms with E-state index in [2.05, 4.69) is 6.92 Å². The van der Waals surface area contributed by atoms with Gasteiger partial charge in [-0.25, -0.2) is 4.39 Å². The zero-order valence-corrected chi connectivity index (χ0v) is 9.16. The Kier molecular flexibility index (Phi) is 4.56. The van der Waals surface area contributed by atoms with Crippen molar-refractivity contribution < 1.29 is 14.2 Å². The molecule has 0 bridgehead atoms. The van der Waals surface area contributed by atoms with Gasteiger partial charge in [0.15, 0.2) is 0 Å². The van der Waals surface area contributed by atoms with Gasteiger partial charge in [0.05, 0.1) is 12.7 Å². The van der Waals surface area contributed by atoms with E-state index < -0.39 is 11.9 Å². The highest BCUT2D eigenvalue weighted by molar-refractivity contribution is 5.29. The van der Waals surface area contributed by atoms with Crippen molar-refractivity contribution >= 4 is 0 Å². The maximum absolute atomic E-state index is 13.4. The Labute approximate surface area is 89.7 Å². The average Bonchev–Trinajstić information content (AvgIpc) is 2.17. The second kappa shape index (κ2) is 5.71. The summed E-state index contributed by atoms with van der Waals surface area (Å²) in [6.07, 6.45) is 1.23. The summed E-state index contributed by atoms with van der Waals surface area (Å²) >= 11 is 0. The number of hydrogen-bond donors (Lipinski definition) is 1. The third-order valence-corrected chi connectivity index (χ3v) is 2.19. The topological polar surface area (TPSA) is 29.5 Å². The Hall–Kier alpha value is -1.09. The summed E-state index contributed by atoms with van der Waals surface area (Å²) in [4.78, 5) is 0. The lowest BCUT2D eigenvalue weighted by Crippen LogP contribution is -1.99. The van der Waals surface area contributed by atoms with E-state index in [0.29, 0.717) is 17.9 Å². The van der Waals surface area contributed by atoms with Crippen molar-refractivity contribution in [3.63, 3.8) is 0 Å². The number of unbranched alkanes of at least 4 members (excludes halogenated alkanes) is 1. The summed E-state index contributed by atoms with van der Waals surface area (Å²) in [7, 11) is 0. The molecule has 0 heterocycles. The number of halogens is 1. The highest BCUT2D eigenvalue weighted by Gasteiger charge is 2.08. The molecule has 0 saturated carbocycles. The maximum Gasteiger partial charge on any atom is 0.132 e.